The fraction of sp³-hybridized carbons (Fsp3) is 0.444. The van der Waals surface area contributed by atoms with Gasteiger partial charge in [-0.2, -0.15) is 0 Å². The van der Waals surface area contributed by atoms with Gasteiger partial charge in [0.05, 0.1) is 6.61 Å². The Hall–Kier alpha value is -1.03. The van der Waals surface area contributed by atoms with E-state index < -0.39 is 0 Å². The normalized spacial score (nSPS) is 14.2. The van der Waals surface area contributed by atoms with Gasteiger partial charge in [0.2, 0.25) is 0 Å². The third kappa shape index (κ3) is 4.73. The van der Waals surface area contributed by atoms with Gasteiger partial charge < -0.3 is 10.4 Å². The fourth-order valence-corrected chi connectivity index (χ4v) is 3.31. The Morgan fingerprint density at radius 3 is 2.57 bits per heavy atom. The van der Waals surface area contributed by atoms with Crippen LogP contribution in [0.5, 0.6) is 0 Å². The first-order chi connectivity index (χ1) is 10.2. The average Bonchev–Trinajstić information content (AvgIpc) is 2.54. The minimum Gasteiger partial charge on any atom is -0.394 e. The summed E-state index contributed by atoms with van der Waals surface area (Å²) in [5.74, 6) is 1.13. The van der Waals surface area contributed by atoms with Crippen molar-refractivity contribution in [1.29, 1.82) is 0 Å². The van der Waals surface area contributed by atoms with E-state index in [0.29, 0.717) is 0 Å². The molecular formula is C18H25NOS. The summed E-state index contributed by atoms with van der Waals surface area (Å²) >= 11 is 1.92. The average molecular weight is 303 g/mol. The zero-order valence-electron chi connectivity index (χ0n) is 12.9. The van der Waals surface area contributed by atoms with Crippen molar-refractivity contribution in [1.82, 2.24) is 5.32 Å². The highest BCUT2D eigenvalue weighted by Gasteiger charge is 2.19. The first kappa shape index (κ1) is 16.3. The lowest BCUT2D eigenvalue weighted by atomic mass is 9.96. The molecule has 0 heterocycles. The zero-order chi connectivity index (χ0) is 15.1. The Morgan fingerprint density at radius 1 is 1.10 bits per heavy atom. The van der Waals surface area contributed by atoms with E-state index >= 15 is 0 Å². The number of unbranched alkanes of at least 4 members (excludes halogenated alkanes) is 1. The van der Waals surface area contributed by atoms with Crippen molar-refractivity contribution >= 4 is 22.5 Å². The smallest absolute Gasteiger partial charge is 0.0610 e. The second kappa shape index (κ2) is 7.83. The molecule has 0 aromatic heterocycles. The Morgan fingerprint density at radius 2 is 1.86 bits per heavy atom. The number of aliphatic hydroxyl groups is 1. The number of nitrogens with one attached hydrogen (secondary N) is 1. The molecule has 0 radical (unpaired) electrons. The molecular weight excluding hydrogens is 278 g/mol. The maximum atomic E-state index is 9.35. The van der Waals surface area contributed by atoms with E-state index in [4.69, 9.17) is 0 Å². The topological polar surface area (TPSA) is 32.3 Å². The standard InChI is InChI=1S/C18H25NOS/c1-18(14-20,19-2)11-5-6-12-21-17-10-9-15-7-3-4-8-16(15)13-17/h3-4,7-10,13,19-20H,5-6,11-12,14H2,1-2H3. The van der Waals surface area contributed by atoms with Crippen molar-refractivity contribution < 1.29 is 5.11 Å². The fourth-order valence-electron chi connectivity index (χ4n) is 2.35. The first-order valence-corrected chi connectivity index (χ1v) is 8.57. The van der Waals surface area contributed by atoms with E-state index in [0.717, 1.165) is 18.6 Å². The molecule has 2 aromatic rings. The summed E-state index contributed by atoms with van der Waals surface area (Å²) in [6, 6.07) is 15.2. The highest BCUT2D eigenvalue weighted by molar-refractivity contribution is 7.99. The van der Waals surface area contributed by atoms with E-state index in [1.807, 2.05) is 18.8 Å². The third-order valence-electron chi connectivity index (χ3n) is 4.07. The van der Waals surface area contributed by atoms with Crippen LogP contribution in [0.15, 0.2) is 47.4 Å². The Kier molecular flexibility index (Phi) is 6.09. The number of benzene rings is 2. The van der Waals surface area contributed by atoms with Crippen molar-refractivity contribution in [2.75, 3.05) is 19.4 Å². The SMILES string of the molecule is CNC(C)(CO)CCCCSc1ccc2ccccc2c1. The number of likely N-dealkylation sites (N-methyl/N-ethyl adjacent to an activating group) is 1. The molecule has 0 aliphatic carbocycles. The van der Waals surface area contributed by atoms with Gasteiger partial charge in [0, 0.05) is 10.4 Å². The quantitative estimate of drug-likeness (QED) is 0.569. The minimum absolute atomic E-state index is 0.131. The monoisotopic (exact) mass is 303 g/mol. The second-order valence-corrected chi connectivity index (χ2v) is 6.95. The van der Waals surface area contributed by atoms with Gasteiger partial charge in [0.1, 0.15) is 0 Å². The van der Waals surface area contributed by atoms with Crippen molar-refractivity contribution in [3.05, 3.63) is 42.5 Å². The van der Waals surface area contributed by atoms with Gasteiger partial charge in [-0.1, -0.05) is 36.8 Å². The van der Waals surface area contributed by atoms with Gasteiger partial charge in [-0.05, 0) is 55.5 Å². The van der Waals surface area contributed by atoms with E-state index in [-0.39, 0.29) is 12.1 Å². The highest BCUT2D eigenvalue weighted by Crippen LogP contribution is 2.25. The van der Waals surface area contributed by atoms with Gasteiger partial charge in [-0.25, -0.2) is 0 Å². The molecule has 21 heavy (non-hydrogen) atoms. The molecule has 0 bridgehead atoms. The van der Waals surface area contributed by atoms with Crippen LogP contribution in [0.4, 0.5) is 0 Å². The summed E-state index contributed by atoms with van der Waals surface area (Å²) in [6.45, 7) is 2.27. The van der Waals surface area contributed by atoms with Crippen LogP contribution >= 0.6 is 11.8 Å². The molecule has 0 saturated heterocycles. The first-order valence-electron chi connectivity index (χ1n) is 7.58. The predicted octanol–water partition coefficient (Wildman–Crippen LogP) is 4.07. The number of hydrogen-bond acceptors (Lipinski definition) is 3. The Bertz CT molecular complexity index is 566. The largest absolute Gasteiger partial charge is 0.394 e. The molecule has 1 unspecified atom stereocenters. The second-order valence-electron chi connectivity index (χ2n) is 5.78. The van der Waals surface area contributed by atoms with Crippen LogP contribution in [0.3, 0.4) is 0 Å². The lowest BCUT2D eigenvalue weighted by Crippen LogP contribution is -2.43. The van der Waals surface area contributed by atoms with Crippen LogP contribution in [0.1, 0.15) is 26.2 Å². The summed E-state index contributed by atoms with van der Waals surface area (Å²) in [6.07, 6.45) is 3.32. The van der Waals surface area contributed by atoms with Crippen LogP contribution in [-0.2, 0) is 0 Å². The van der Waals surface area contributed by atoms with E-state index in [1.165, 1.54) is 22.1 Å². The summed E-state index contributed by atoms with van der Waals surface area (Å²) < 4.78 is 0. The van der Waals surface area contributed by atoms with Gasteiger partial charge in [0.15, 0.2) is 0 Å². The van der Waals surface area contributed by atoms with Crippen LogP contribution in [0.25, 0.3) is 10.8 Å². The molecule has 0 saturated carbocycles. The van der Waals surface area contributed by atoms with E-state index in [1.54, 1.807) is 0 Å². The van der Waals surface area contributed by atoms with Crippen molar-refractivity contribution in [3.8, 4) is 0 Å². The van der Waals surface area contributed by atoms with Crippen molar-refractivity contribution in [2.24, 2.45) is 0 Å². The van der Waals surface area contributed by atoms with Crippen molar-refractivity contribution in [3.63, 3.8) is 0 Å². The lowest BCUT2D eigenvalue weighted by Gasteiger charge is -2.26. The summed E-state index contributed by atoms with van der Waals surface area (Å²) in [5, 5.41) is 15.2. The van der Waals surface area contributed by atoms with Gasteiger partial charge in [-0.3, -0.25) is 0 Å². The van der Waals surface area contributed by atoms with Crippen LogP contribution < -0.4 is 5.32 Å². The summed E-state index contributed by atoms with van der Waals surface area (Å²) in [4.78, 5) is 1.34. The molecule has 2 aromatic carbocycles. The highest BCUT2D eigenvalue weighted by atomic mass is 32.2. The molecule has 2 N–H and O–H groups in total. The number of fused-ring (bicyclic) bond motifs is 1. The van der Waals surface area contributed by atoms with E-state index in [2.05, 4.69) is 54.7 Å². The van der Waals surface area contributed by atoms with Crippen LogP contribution in [0.2, 0.25) is 0 Å². The number of hydrogen-bond donors (Lipinski definition) is 2. The lowest BCUT2D eigenvalue weighted by molar-refractivity contribution is 0.171. The number of thioether (sulfide) groups is 1. The Balaban J connectivity index is 1.77. The van der Waals surface area contributed by atoms with Crippen LogP contribution in [-0.4, -0.2) is 30.1 Å². The van der Waals surface area contributed by atoms with Gasteiger partial charge in [-0.15, -0.1) is 11.8 Å². The van der Waals surface area contributed by atoms with Crippen molar-refractivity contribution in [2.45, 2.75) is 36.6 Å². The summed E-state index contributed by atoms with van der Waals surface area (Å²) in [5.41, 5.74) is -0.131. The van der Waals surface area contributed by atoms with Gasteiger partial charge >= 0.3 is 0 Å². The molecule has 2 nitrogen and oxygen atoms in total. The molecule has 0 aliphatic rings. The molecule has 0 aliphatic heterocycles. The molecule has 0 fully saturated rings. The van der Waals surface area contributed by atoms with Crippen LogP contribution in [0, 0.1) is 0 Å². The number of aliphatic hydroxyl groups excluding tert-OH is 1. The van der Waals surface area contributed by atoms with E-state index in [9.17, 15) is 5.11 Å². The minimum atomic E-state index is -0.131. The molecule has 3 heteroatoms. The molecule has 114 valence electrons. The summed E-state index contributed by atoms with van der Waals surface area (Å²) in [7, 11) is 1.92. The maximum absolute atomic E-state index is 9.35. The third-order valence-corrected chi connectivity index (χ3v) is 5.15. The molecule has 1 atom stereocenters. The number of rotatable bonds is 8. The maximum Gasteiger partial charge on any atom is 0.0610 e. The zero-order valence-corrected chi connectivity index (χ0v) is 13.7. The molecule has 0 amide bonds. The van der Waals surface area contributed by atoms with Gasteiger partial charge in [0.25, 0.3) is 0 Å². The molecule has 2 rings (SSSR count). The predicted molar refractivity (Wildman–Crippen MR) is 93.1 cm³/mol. The molecule has 0 spiro atoms. The Labute approximate surface area is 131 Å².